The van der Waals surface area contributed by atoms with Gasteiger partial charge in [0.05, 0.1) is 5.01 Å². The molecule has 1 aromatic carbocycles. The summed E-state index contributed by atoms with van der Waals surface area (Å²) in [6.07, 6.45) is 3.83. The molecule has 0 radical (unpaired) electrons. The number of aryl methyl sites for hydroxylation is 1. The standard InChI is InChI=1S/C15H15NOS/c1-10-16-14(9-18-10)15(17)13-7-3-6-12(8-13)11-4-2-5-11/h3,6-9,11H,2,4-5H2,1H3. The van der Waals surface area contributed by atoms with Crippen LogP contribution in [0, 0.1) is 6.92 Å². The molecule has 1 fully saturated rings. The van der Waals surface area contributed by atoms with Crippen LogP contribution in [0.5, 0.6) is 0 Å². The van der Waals surface area contributed by atoms with E-state index in [1.165, 1.54) is 36.2 Å². The lowest BCUT2D eigenvalue weighted by atomic mass is 9.79. The third-order valence-electron chi connectivity index (χ3n) is 3.58. The van der Waals surface area contributed by atoms with Crippen molar-refractivity contribution in [1.29, 1.82) is 0 Å². The molecule has 0 atom stereocenters. The van der Waals surface area contributed by atoms with Gasteiger partial charge in [0, 0.05) is 10.9 Å². The molecule has 1 heterocycles. The summed E-state index contributed by atoms with van der Waals surface area (Å²) in [6.45, 7) is 1.92. The molecule has 1 saturated carbocycles. The maximum absolute atomic E-state index is 12.3. The minimum atomic E-state index is 0.0422. The molecule has 3 heteroatoms. The zero-order valence-electron chi connectivity index (χ0n) is 10.3. The van der Waals surface area contributed by atoms with Crippen LogP contribution in [0.3, 0.4) is 0 Å². The average Bonchev–Trinajstić information content (AvgIpc) is 2.73. The van der Waals surface area contributed by atoms with Crippen molar-refractivity contribution in [3.05, 3.63) is 51.5 Å². The molecule has 0 amide bonds. The van der Waals surface area contributed by atoms with Gasteiger partial charge >= 0.3 is 0 Å². The smallest absolute Gasteiger partial charge is 0.212 e. The number of thiazole rings is 1. The van der Waals surface area contributed by atoms with Crippen LogP contribution in [0.15, 0.2) is 29.6 Å². The molecular weight excluding hydrogens is 242 g/mol. The summed E-state index contributed by atoms with van der Waals surface area (Å²) in [5.74, 6) is 0.704. The number of carbonyl (C=O) groups is 1. The molecule has 0 saturated heterocycles. The van der Waals surface area contributed by atoms with E-state index in [1.807, 2.05) is 30.5 Å². The molecule has 18 heavy (non-hydrogen) atoms. The van der Waals surface area contributed by atoms with Crippen molar-refractivity contribution < 1.29 is 4.79 Å². The maximum Gasteiger partial charge on any atom is 0.212 e. The van der Waals surface area contributed by atoms with E-state index < -0.39 is 0 Å². The largest absolute Gasteiger partial charge is 0.287 e. The predicted molar refractivity (Wildman–Crippen MR) is 73.3 cm³/mol. The van der Waals surface area contributed by atoms with Crippen LogP contribution in [-0.2, 0) is 0 Å². The van der Waals surface area contributed by atoms with Gasteiger partial charge in [0.15, 0.2) is 0 Å². The Morgan fingerprint density at radius 2 is 2.22 bits per heavy atom. The highest BCUT2D eigenvalue weighted by Gasteiger charge is 2.21. The molecule has 1 aromatic heterocycles. The Morgan fingerprint density at radius 1 is 1.39 bits per heavy atom. The molecule has 0 unspecified atom stereocenters. The lowest BCUT2D eigenvalue weighted by Gasteiger charge is -2.25. The van der Waals surface area contributed by atoms with Crippen molar-refractivity contribution in [2.45, 2.75) is 32.1 Å². The molecule has 2 aromatic rings. The SMILES string of the molecule is Cc1nc(C(=O)c2cccc(C3CCC3)c2)cs1. The Balaban J connectivity index is 1.89. The van der Waals surface area contributed by atoms with E-state index in [1.54, 1.807) is 0 Å². The van der Waals surface area contributed by atoms with Crippen LogP contribution in [0.4, 0.5) is 0 Å². The highest BCUT2D eigenvalue weighted by Crippen LogP contribution is 2.36. The fourth-order valence-electron chi connectivity index (χ4n) is 2.29. The van der Waals surface area contributed by atoms with Gasteiger partial charge in [-0.05, 0) is 37.3 Å². The Kier molecular flexibility index (Phi) is 3.00. The van der Waals surface area contributed by atoms with Gasteiger partial charge in [-0.15, -0.1) is 11.3 Å². The second-order valence-electron chi connectivity index (χ2n) is 4.83. The van der Waals surface area contributed by atoms with Crippen molar-refractivity contribution in [3.63, 3.8) is 0 Å². The zero-order chi connectivity index (χ0) is 12.5. The number of hydrogen-bond acceptors (Lipinski definition) is 3. The molecule has 1 aliphatic rings. The number of rotatable bonds is 3. The van der Waals surface area contributed by atoms with E-state index in [-0.39, 0.29) is 5.78 Å². The van der Waals surface area contributed by atoms with Gasteiger partial charge in [0.2, 0.25) is 5.78 Å². The van der Waals surface area contributed by atoms with E-state index >= 15 is 0 Å². The summed E-state index contributed by atoms with van der Waals surface area (Å²) < 4.78 is 0. The molecule has 0 N–H and O–H groups in total. The van der Waals surface area contributed by atoms with Gasteiger partial charge in [0.25, 0.3) is 0 Å². The summed E-state index contributed by atoms with van der Waals surface area (Å²) in [5, 5.41) is 2.78. The minimum absolute atomic E-state index is 0.0422. The van der Waals surface area contributed by atoms with Crippen molar-refractivity contribution in [1.82, 2.24) is 4.98 Å². The molecule has 0 aliphatic heterocycles. The summed E-state index contributed by atoms with van der Waals surface area (Å²) >= 11 is 1.52. The first kappa shape index (κ1) is 11.6. The number of ketones is 1. The average molecular weight is 257 g/mol. The van der Waals surface area contributed by atoms with Gasteiger partial charge in [-0.25, -0.2) is 4.98 Å². The molecule has 2 nitrogen and oxygen atoms in total. The topological polar surface area (TPSA) is 30.0 Å². The van der Waals surface area contributed by atoms with E-state index in [0.717, 1.165) is 10.6 Å². The molecule has 1 aliphatic carbocycles. The highest BCUT2D eigenvalue weighted by atomic mass is 32.1. The van der Waals surface area contributed by atoms with Crippen molar-refractivity contribution in [2.75, 3.05) is 0 Å². The molecule has 0 bridgehead atoms. The summed E-state index contributed by atoms with van der Waals surface area (Å²) in [7, 11) is 0. The van der Waals surface area contributed by atoms with Crippen LogP contribution in [-0.4, -0.2) is 10.8 Å². The molecule has 0 spiro atoms. The Labute approximate surface area is 111 Å². The van der Waals surface area contributed by atoms with Gasteiger partial charge in [-0.1, -0.05) is 24.6 Å². The highest BCUT2D eigenvalue weighted by molar-refractivity contribution is 7.09. The number of aromatic nitrogens is 1. The fourth-order valence-corrected chi connectivity index (χ4v) is 2.88. The van der Waals surface area contributed by atoms with Crippen LogP contribution >= 0.6 is 11.3 Å². The third kappa shape index (κ3) is 2.10. The van der Waals surface area contributed by atoms with Crippen molar-refractivity contribution in [2.24, 2.45) is 0 Å². The molecule has 3 rings (SSSR count). The Morgan fingerprint density at radius 3 is 2.83 bits per heavy atom. The quantitative estimate of drug-likeness (QED) is 0.779. The number of benzene rings is 1. The van der Waals surface area contributed by atoms with E-state index in [2.05, 4.69) is 11.1 Å². The van der Waals surface area contributed by atoms with Crippen LogP contribution in [0.1, 0.15) is 51.8 Å². The minimum Gasteiger partial charge on any atom is -0.287 e. The van der Waals surface area contributed by atoms with Crippen LogP contribution < -0.4 is 0 Å². The molecule has 92 valence electrons. The lowest BCUT2D eigenvalue weighted by molar-refractivity contribution is 0.103. The first-order valence-corrected chi connectivity index (χ1v) is 7.19. The first-order valence-electron chi connectivity index (χ1n) is 6.31. The van der Waals surface area contributed by atoms with Gasteiger partial charge < -0.3 is 0 Å². The van der Waals surface area contributed by atoms with E-state index in [9.17, 15) is 4.79 Å². The predicted octanol–water partition coefficient (Wildman–Crippen LogP) is 3.95. The third-order valence-corrected chi connectivity index (χ3v) is 4.35. The first-order chi connectivity index (χ1) is 8.74. The van der Waals surface area contributed by atoms with Crippen LogP contribution in [0.2, 0.25) is 0 Å². The lowest BCUT2D eigenvalue weighted by Crippen LogP contribution is -2.10. The van der Waals surface area contributed by atoms with Crippen molar-refractivity contribution in [3.8, 4) is 0 Å². The monoisotopic (exact) mass is 257 g/mol. The summed E-state index contributed by atoms with van der Waals surface area (Å²) in [6, 6.07) is 8.05. The summed E-state index contributed by atoms with van der Waals surface area (Å²) in [5.41, 5.74) is 2.65. The van der Waals surface area contributed by atoms with Gasteiger partial charge in [-0.2, -0.15) is 0 Å². The van der Waals surface area contributed by atoms with Crippen LogP contribution in [0.25, 0.3) is 0 Å². The molecular formula is C15H15NOS. The number of carbonyl (C=O) groups excluding carboxylic acids is 1. The summed E-state index contributed by atoms with van der Waals surface area (Å²) in [4.78, 5) is 16.5. The Hall–Kier alpha value is -1.48. The second-order valence-corrected chi connectivity index (χ2v) is 5.90. The van der Waals surface area contributed by atoms with Crippen molar-refractivity contribution >= 4 is 17.1 Å². The Bertz CT molecular complexity index is 584. The normalized spacial score (nSPS) is 15.4. The fraction of sp³-hybridized carbons (Fsp3) is 0.333. The van der Waals surface area contributed by atoms with E-state index in [4.69, 9.17) is 0 Å². The number of hydrogen-bond donors (Lipinski definition) is 0. The second kappa shape index (κ2) is 4.65. The zero-order valence-corrected chi connectivity index (χ0v) is 11.2. The van der Waals surface area contributed by atoms with Gasteiger partial charge in [0.1, 0.15) is 5.69 Å². The number of nitrogens with zero attached hydrogens (tertiary/aromatic N) is 1. The van der Waals surface area contributed by atoms with Gasteiger partial charge in [-0.3, -0.25) is 4.79 Å². The maximum atomic E-state index is 12.3. The van der Waals surface area contributed by atoms with E-state index in [0.29, 0.717) is 11.6 Å².